The minimum atomic E-state index is 0.726. The standard InChI is InChI=1S/C30H32N/c1-20-16-26(24-12-8-9-13-24)19-29(22(20)3)30-28-15-14-25(23-10-6-5-7-11-23)18-27(28)17-21(2)31(30)4/h5-7,10-11,14-19,24H,8-9,12-13H2,1-4H3/q+1. The van der Waals surface area contributed by atoms with Crippen LogP contribution in [0.25, 0.3) is 33.2 Å². The monoisotopic (exact) mass is 406 g/mol. The van der Waals surface area contributed by atoms with Crippen LogP contribution in [0, 0.1) is 20.8 Å². The summed E-state index contributed by atoms with van der Waals surface area (Å²) in [6.07, 6.45) is 5.42. The van der Waals surface area contributed by atoms with Gasteiger partial charge in [-0.05, 0) is 84.0 Å². The Labute approximate surface area is 186 Å². The van der Waals surface area contributed by atoms with Crippen LogP contribution in [-0.4, -0.2) is 0 Å². The third-order valence-electron chi connectivity index (χ3n) is 7.41. The Morgan fingerprint density at radius 3 is 2.26 bits per heavy atom. The Hall–Kier alpha value is -2.93. The predicted octanol–water partition coefficient (Wildman–Crippen LogP) is 7.58. The van der Waals surface area contributed by atoms with Crippen LogP contribution in [0.1, 0.15) is 54.0 Å². The SMILES string of the molecule is Cc1cc(C2CCCC2)cc(-c2c3ccc(-c4ccccc4)cc3cc(C)[n+]2C)c1C. The molecular weight excluding hydrogens is 374 g/mol. The number of rotatable bonds is 3. The quantitative estimate of drug-likeness (QED) is 0.309. The minimum Gasteiger partial charge on any atom is -0.198 e. The molecule has 0 aliphatic heterocycles. The molecule has 1 aliphatic rings. The van der Waals surface area contributed by atoms with Crippen molar-refractivity contribution in [3.8, 4) is 22.4 Å². The van der Waals surface area contributed by atoms with Gasteiger partial charge < -0.3 is 0 Å². The summed E-state index contributed by atoms with van der Waals surface area (Å²) in [7, 11) is 2.21. The third kappa shape index (κ3) is 3.57. The fourth-order valence-corrected chi connectivity index (χ4v) is 5.34. The highest BCUT2D eigenvalue weighted by Gasteiger charge is 2.24. The highest BCUT2D eigenvalue weighted by molar-refractivity contribution is 5.96. The van der Waals surface area contributed by atoms with Crippen LogP contribution in [0.15, 0.2) is 66.7 Å². The molecule has 4 aromatic rings. The Balaban J connectivity index is 1.74. The molecule has 0 radical (unpaired) electrons. The number of benzene rings is 3. The van der Waals surface area contributed by atoms with Gasteiger partial charge in [0.1, 0.15) is 7.05 Å². The molecule has 1 heteroatoms. The second kappa shape index (κ2) is 7.96. The Kier molecular flexibility index (Phi) is 5.14. The van der Waals surface area contributed by atoms with Crippen molar-refractivity contribution in [1.82, 2.24) is 0 Å². The van der Waals surface area contributed by atoms with Gasteiger partial charge in [0, 0.05) is 13.0 Å². The highest BCUT2D eigenvalue weighted by atomic mass is 14.9. The van der Waals surface area contributed by atoms with Crippen LogP contribution >= 0.6 is 0 Å². The molecule has 0 N–H and O–H groups in total. The smallest absolute Gasteiger partial charge is 0.198 e. The van der Waals surface area contributed by atoms with E-state index in [2.05, 4.69) is 99.1 Å². The molecule has 1 fully saturated rings. The average Bonchev–Trinajstić information content (AvgIpc) is 3.32. The number of nitrogens with zero attached hydrogens (tertiary/aromatic N) is 1. The average molecular weight is 407 g/mol. The van der Waals surface area contributed by atoms with Gasteiger partial charge in [0.25, 0.3) is 0 Å². The Morgan fingerprint density at radius 2 is 1.52 bits per heavy atom. The minimum absolute atomic E-state index is 0.726. The molecule has 0 saturated heterocycles. The Morgan fingerprint density at radius 1 is 0.774 bits per heavy atom. The van der Waals surface area contributed by atoms with Crippen LogP contribution in [0.5, 0.6) is 0 Å². The number of aromatic nitrogens is 1. The van der Waals surface area contributed by atoms with E-state index in [1.165, 1.54) is 81.2 Å². The maximum absolute atomic E-state index is 2.50. The lowest BCUT2D eigenvalue weighted by atomic mass is 9.88. The second-order valence-corrected chi connectivity index (χ2v) is 9.35. The molecule has 1 saturated carbocycles. The molecule has 0 spiro atoms. The van der Waals surface area contributed by atoms with Gasteiger partial charge in [-0.1, -0.05) is 55.3 Å². The fraction of sp³-hybridized carbons (Fsp3) is 0.300. The van der Waals surface area contributed by atoms with E-state index < -0.39 is 0 Å². The van der Waals surface area contributed by atoms with Crippen molar-refractivity contribution in [2.45, 2.75) is 52.4 Å². The van der Waals surface area contributed by atoms with Crippen molar-refractivity contribution in [2.75, 3.05) is 0 Å². The summed E-state index contributed by atoms with van der Waals surface area (Å²) in [5, 5.41) is 2.65. The largest absolute Gasteiger partial charge is 0.220 e. The summed E-state index contributed by atoms with van der Waals surface area (Å²) in [5.74, 6) is 0.726. The zero-order chi connectivity index (χ0) is 21.5. The maximum atomic E-state index is 2.50. The molecule has 1 aromatic heterocycles. The van der Waals surface area contributed by atoms with Gasteiger partial charge in [0.05, 0.1) is 10.9 Å². The van der Waals surface area contributed by atoms with Crippen molar-refractivity contribution in [3.05, 3.63) is 89.1 Å². The molecule has 1 nitrogen and oxygen atoms in total. The van der Waals surface area contributed by atoms with Gasteiger partial charge in [-0.3, -0.25) is 0 Å². The molecule has 5 rings (SSSR count). The summed E-state index contributed by atoms with van der Waals surface area (Å²) >= 11 is 0. The summed E-state index contributed by atoms with van der Waals surface area (Å²) in [6, 6.07) is 24.9. The van der Waals surface area contributed by atoms with Crippen LogP contribution in [-0.2, 0) is 7.05 Å². The molecule has 0 amide bonds. The number of pyridine rings is 1. The number of aryl methyl sites for hydroxylation is 2. The topological polar surface area (TPSA) is 3.88 Å². The van der Waals surface area contributed by atoms with Crippen LogP contribution in [0.4, 0.5) is 0 Å². The molecule has 3 aromatic carbocycles. The number of hydrogen-bond acceptors (Lipinski definition) is 0. The zero-order valence-electron chi connectivity index (χ0n) is 19.2. The highest BCUT2D eigenvalue weighted by Crippen LogP contribution is 2.39. The van der Waals surface area contributed by atoms with E-state index in [9.17, 15) is 0 Å². The van der Waals surface area contributed by atoms with E-state index in [0.717, 1.165) is 5.92 Å². The molecule has 0 unspecified atom stereocenters. The molecule has 31 heavy (non-hydrogen) atoms. The van der Waals surface area contributed by atoms with E-state index in [4.69, 9.17) is 0 Å². The summed E-state index contributed by atoms with van der Waals surface area (Å²) in [6.45, 7) is 6.79. The van der Waals surface area contributed by atoms with Crippen LogP contribution in [0.3, 0.4) is 0 Å². The van der Waals surface area contributed by atoms with Crippen molar-refractivity contribution in [2.24, 2.45) is 7.05 Å². The van der Waals surface area contributed by atoms with Crippen molar-refractivity contribution in [1.29, 1.82) is 0 Å². The van der Waals surface area contributed by atoms with Gasteiger partial charge >= 0.3 is 0 Å². The first-order valence-electron chi connectivity index (χ1n) is 11.6. The number of fused-ring (bicyclic) bond motifs is 1. The molecule has 156 valence electrons. The summed E-state index contributed by atoms with van der Waals surface area (Å²) in [5.41, 5.74) is 10.9. The molecule has 0 atom stereocenters. The van der Waals surface area contributed by atoms with Gasteiger partial charge in [0.15, 0.2) is 5.69 Å². The van der Waals surface area contributed by atoms with Gasteiger partial charge in [-0.25, -0.2) is 0 Å². The predicted molar refractivity (Wildman–Crippen MR) is 131 cm³/mol. The van der Waals surface area contributed by atoms with Gasteiger partial charge in [-0.2, -0.15) is 4.57 Å². The molecular formula is C30H32N+. The van der Waals surface area contributed by atoms with Gasteiger partial charge in [-0.15, -0.1) is 0 Å². The van der Waals surface area contributed by atoms with E-state index >= 15 is 0 Å². The Bertz CT molecular complexity index is 1260. The number of hydrogen-bond donors (Lipinski definition) is 0. The fourth-order valence-electron chi connectivity index (χ4n) is 5.34. The summed E-state index contributed by atoms with van der Waals surface area (Å²) in [4.78, 5) is 0. The first kappa shape index (κ1) is 20.0. The molecule has 0 bridgehead atoms. The normalized spacial score (nSPS) is 14.5. The lowest BCUT2D eigenvalue weighted by Gasteiger charge is -2.17. The lowest BCUT2D eigenvalue weighted by Crippen LogP contribution is -2.35. The van der Waals surface area contributed by atoms with E-state index in [1.54, 1.807) is 0 Å². The van der Waals surface area contributed by atoms with Crippen molar-refractivity contribution in [3.63, 3.8) is 0 Å². The molecule has 1 aliphatic carbocycles. The van der Waals surface area contributed by atoms with E-state index in [-0.39, 0.29) is 0 Å². The van der Waals surface area contributed by atoms with E-state index in [1.807, 2.05) is 0 Å². The first-order valence-corrected chi connectivity index (χ1v) is 11.6. The first-order chi connectivity index (χ1) is 15.0. The summed E-state index contributed by atoms with van der Waals surface area (Å²) < 4.78 is 2.38. The van der Waals surface area contributed by atoms with E-state index in [0.29, 0.717) is 0 Å². The third-order valence-corrected chi connectivity index (χ3v) is 7.41. The lowest BCUT2D eigenvalue weighted by molar-refractivity contribution is -0.665. The van der Waals surface area contributed by atoms with Gasteiger partial charge in [0.2, 0.25) is 5.69 Å². The maximum Gasteiger partial charge on any atom is 0.220 e. The molecule has 1 heterocycles. The van der Waals surface area contributed by atoms with Crippen molar-refractivity contribution < 1.29 is 4.57 Å². The van der Waals surface area contributed by atoms with Crippen LogP contribution < -0.4 is 4.57 Å². The second-order valence-electron chi connectivity index (χ2n) is 9.35. The van der Waals surface area contributed by atoms with Crippen molar-refractivity contribution >= 4 is 10.8 Å². The zero-order valence-corrected chi connectivity index (χ0v) is 19.2. The van der Waals surface area contributed by atoms with Crippen LogP contribution in [0.2, 0.25) is 0 Å².